The van der Waals surface area contributed by atoms with E-state index in [1.807, 2.05) is 30.3 Å². The summed E-state index contributed by atoms with van der Waals surface area (Å²) in [6.45, 7) is 0. The number of benzene rings is 4. The zero-order valence-corrected chi connectivity index (χ0v) is 14.8. The Kier molecular flexibility index (Phi) is 4.32. The van der Waals surface area contributed by atoms with Crippen LogP contribution in [-0.4, -0.2) is 14.2 Å². The van der Waals surface area contributed by atoms with Gasteiger partial charge in [-0.1, -0.05) is 48.5 Å². The van der Waals surface area contributed by atoms with Gasteiger partial charge in [0.2, 0.25) is 0 Å². The number of methoxy groups -OCH3 is 2. The maximum atomic E-state index is 5.29. The van der Waals surface area contributed by atoms with E-state index >= 15 is 0 Å². The van der Waals surface area contributed by atoms with E-state index in [4.69, 9.17) is 9.47 Å². The quantitative estimate of drug-likeness (QED) is 0.454. The Morgan fingerprint density at radius 1 is 0.654 bits per heavy atom. The van der Waals surface area contributed by atoms with Gasteiger partial charge in [0.1, 0.15) is 11.5 Å². The van der Waals surface area contributed by atoms with E-state index in [0.717, 1.165) is 39.1 Å². The van der Waals surface area contributed by atoms with Crippen molar-refractivity contribution in [1.29, 1.82) is 0 Å². The van der Waals surface area contributed by atoms with Crippen LogP contribution in [0.4, 0.5) is 0 Å². The fraction of sp³-hybridized carbons (Fsp3) is 0.0833. The molecule has 0 spiro atoms. The summed E-state index contributed by atoms with van der Waals surface area (Å²) in [5.74, 6) is 1.70. The van der Waals surface area contributed by atoms with Gasteiger partial charge in [-0.15, -0.1) is 0 Å². The summed E-state index contributed by atoms with van der Waals surface area (Å²) in [5.41, 5.74) is 4.48. The van der Waals surface area contributed by atoms with Crippen molar-refractivity contribution in [1.82, 2.24) is 0 Å². The number of hydrogen-bond acceptors (Lipinski definition) is 2. The minimum Gasteiger partial charge on any atom is -0.497 e. The molecule has 2 heteroatoms. The van der Waals surface area contributed by atoms with Crippen LogP contribution in [-0.2, 0) is 0 Å². The second-order valence-electron chi connectivity index (χ2n) is 6.10. The van der Waals surface area contributed by atoms with Crippen LogP contribution < -0.4 is 9.47 Å². The van der Waals surface area contributed by atoms with E-state index in [0.29, 0.717) is 0 Å². The highest BCUT2D eigenvalue weighted by atomic mass is 16.5. The smallest absolute Gasteiger partial charge is 0.118 e. The van der Waals surface area contributed by atoms with Crippen LogP contribution in [0, 0.1) is 6.07 Å². The third-order valence-corrected chi connectivity index (χ3v) is 4.57. The van der Waals surface area contributed by atoms with Gasteiger partial charge in [-0.05, 0) is 69.4 Å². The van der Waals surface area contributed by atoms with E-state index in [2.05, 4.69) is 54.6 Å². The summed E-state index contributed by atoms with van der Waals surface area (Å²) < 4.78 is 10.6. The molecule has 0 N–H and O–H groups in total. The van der Waals surface area contributed by atoms with Crippen molar-refractivity contribution in [2.75, 3.05) is 14.2 Å². The van der Waals surface area contributed by atoms with Crippen LogP contribution in [0.5, 0.6) is 11.5 Å². The molecule has 0 heterocycles. The van der Waals surface area contributed by atoms with E-state index < -0.39 is 0 Å². The van der Waals surface area contributed by atoms with Gasteiger partial charge in [-0.25, -0.2) is 0 Å². The van der Waals surface area contributed by atoms with Gasteiger partial charge < -0.3 is 9.47 Å². The second-order valence-corrected chi connectivity index (χ2v) is 6.10. The molecule has 26 heavy (non-hydrogen) atoms. The minimum atomic E-state index is 0.848. The standard InChI is InChI=1S/C24H19O2/c1-25-21-11-7-17(8-12-21)23-15-19-5-3-4-6-20(19)16-24(23)18-9-13-22(26-2)14-10-18/h3-15H,1-2H3. The zero-order chi connectivity index (χ0) is 17.9. The molecule has 0 saturated carbocycles. The van der Waals surface area contributed by atoms with Crippen LogP contribution in [0.15, 0.2) is 78.9 Å². The highest BCUT2D eigenvalue weighted by molar-refractivity contribution is 5.95. The topological polar surface area (TPSA) is 18.5 Å². The molecule has 4 aromatic carbocycles. The van der Waals surface area contributed by atoms with Gasteiger partial charge in [0.15, 0.2) is 0 Å². The van der Waals surface area contributed by atoms with Crippen molar-refractivity contribution in [2.45, 2.75) is 0 Å². The fourth-order valence-corrected chi connectivity index (χ4v) is 3.15. The molecule has 0 aliphatic carbocycles. The molecule has 0 saturated heterocycles. The lowest BCUT2D eigenvalue weighted by Crippen LogP contribution is -1.89. The first-order chi connectivity index (χ1) is 12.8. The molecule has 0 aliphatic heterocycles. The van der Waals surface area contributed by atoms with Crippen LogP contribution in [0.2, 0.25) is 0 Å². The predicted octanol–water partition coefficient (Wildman–Crippen LogP) is 5.99. The van der Waals surface area contributed by atoms with Gasteiger partial charge in [0, 0.05) is 0 Å². The van der Waals surface area contributed by atoms with Crippen molar-refractivity contribution in [2.24, 2.45) is 0 Å². The summed E-state index contributed by atoms with van der Waals surface area (Å²) >= 11 is 0. The first-order valence-electron chi connectivity index (χ1n) is 8.52. The molecule has 0 fully saturated rings. The Hall–Kier alpha value is -3.26. The van der Waals surface area contributed by atoms with Crippen LogP contribution in [0.25, 0.3) is 33.0 Å². The SMILES string of the molecule is COc1ccc(-c2[c]c3ccccc3cc2-c2ccc(OC)cc2)cc1. The van der Waals surface area contributed by atoms with E-state index in [1.165, 1.54) is 5.39 Å². The monoisotopic (exact) mass is 339 g/mol. The molecule has 0 bridgehead atoms. The highest BCUT2D eigenvalue weighted by Crippen LogP contribution is 2.36. The van der Waals surface area contributed by atoms with Crippen molar-refractivity contribution >= 4 is 10.8 Å². The van der Waals surface area contributed by atoms with E-state index in [-0.39, 0.29) is 0 Å². The van der Waals surface area contributed by atoms with Gasteiger partial charge in [-0.3, -0.25) is 0 Å². The van der Waals surface area contributed by atoms with Crippen LogP contribution >= 0.6 is 0 Å². The molecule has 2 nitrogen and oxygen atoms in total. The van der Waals surface area contributed by atoms with E-state index in [1.54, 1.807) is 14.2 Å². The zero-order valence-electron chi connectivity index (χ0n) is 14.8. The average Bonchev–Trinajstić information content (AvgIpc) is 2.73. The molecule has 0 aliphatic rings. The Bertz CT molecular complexity index is 946. The molecule has 127 valence electrons. The van der Waals surface area contributed by atoms with Crippen molar-refractivity contribution in [3.63, 3.8) is 0 Å². The summed E-state index contributed by atoms with van der Waals surface area (Å²) in [4.78, 5) is 0. The first-order valence-corrected chi connectivity index (χ1v) is 8.52. The Morgan fingerprint density at radius 3 is 1.85 bits per heavy atom. The highest BCUT2D eigenvalue weighted by Gasteiger charge is 2.11. The molecular weight excluding hydrogens is 320 g/mol. The third-order valence-electron chi connectivity index (χ3n) is 4.57. The number of ether oxygens (including phenoxy) is 2. The first kappa shape index (κ1) is 16.2. The number of hydrogen-bond donors (Lipinski definition) is 0. The number of fused-ring (bicyclic) bond motifs is 1. The maximum absolute atomic E-state index is 5.29. The third kappa shape index (κ3) is 3.02. The largest absolute Gasteiger partial charge is 0.497 e. The number of rotatable bonds is 4. The minimum absolute atomic E-state index is 0.848. The van der Waals surface area contributed by atoms with Gasteiger partial charge in [0.05, 0.1) is 14.2 Å². The Labute approximate surface area is 153 Å². The van der Waals surface area contributed by atoms with Gasteiger partial charge in [-0.2, -0.15) is 0 Å². The van der Waals surface area contributed by atoms with Crippen molar-refractivity contribution in [3.8, 4) is 33.8 Å². The lowest BCUT2D eigenvalue weighted by molar-refractivity contribution is 0.414. The molecular formula is C24H19O2. The molecule has 0 unspecified atom stereocenters. The van der Waals surface area contributed by atoms with E-state index in [9.17, 15) is 0 Å². The molecule has 0 aromatic heterocycles. The van der Waals surface area contributed by atoms with Crippen LogP contribution in [0.3, 0.4) is 0 Å². The summed E-state index contributed by atoms with van der Waals surface area (Å²) in [5, 5.41) is 2.28. The molecule has 0 atom stereocenters. The second kappa shape index (κ2) is 6.93. The molecule has 1 radical (unpaired) electrons. The van der Waals surface area contributed by atoms with Crippen molar-refractivity contribution < 1.29 is 9.47 Å². The summed E-state index contributed by atoms with van der Waals surface area (Å²) in [6, 6.07) is 30.4. The molecule has 4 aromatic rings. The summed E-state index contributed by atoms with van der Waals surface area (Å²) in [7, 11) is 3.36. The Morgan fingerprint density at radius 2 is 1.23 bits per heavy atom. The Balaban J connectivity index is 1.93. The predicted molar refractivity (Wildman–Crippen MR) is 107 cm³/mol. The fourth-order valence-electron chi connectivity index (χ4n) is 3.15. The lowest BCUT2D eigenvalue weighted by Gasteiger charge is -2.13. The van der Waals surface area contributed by atoms with Gasteiger partial charge in [0.25, 0.3) is 0 Å². The average molecular weight is 339 g/mol. The summed E-state index contributed by atoms with van der Waals surface area (Å²) in [6.07, 6.45) is 0. The van der Waals surface area contributed by atoms with Crippen molar-refractivity contribution in [3.05, 3.63) is 84.9 Å². The van der Waals surface area contributed by atoms with Gasteiger partial charge >= 0.3 is 0 Å². The van der Waals surface area contributed by atoms with Crippen LogP contribution in [0.1, 0.15) is 0 Å². The molecule has 4 rings (SSSR count). The maximum Gasteiger partial charge on any atom is 0.118 e. The normalized spacial score (nSPS) is 10.7. The lowest BCUT2D eigenvalue weighted by atomic mass is 9.91. The molecule has 0 amide bonds.